The summed E-state index contributed by atoms with van der Waals surface area (Å²) >= 11 is 0. The highest BCUT2D eigenvalue weighted by Crippen LogP contribution is 2.50. The van der Waals surface area contributed by atoms with E-state index in [1.165, 1.54) is 51.6 Å². The Bertz CT molecular complexity index is 267. The fraction of sp³-hybridized carbons (Fsp3) is 0.889. The number of hydrogen-bond acceptors (Lipinski definition) is 1. The minimum absolute atomic E-state index is 0.607. The maximum absolute atomic E-state index is 2.51. The highest BCUT2D eigenvalue weighted by molar-refractivity contribution is 5.26. The Kier molecular flexibility index (Phi) is 9.43. The summed E-state index contributed by atoms with van der Waals surface area (Å²) in [7, 11) is 2.27. The lowest BCUT2D eigenvalue weighted by Gasteiger charge is -2.30. The molecule has 0 amide bonds. The second kappa shape index (κ2) is 9.58. The molecule has 0 aromatic heterocycles. The van der Waals surface area contributed by atoms with E-state index in [2.05, 4.69) is 25.8 Å². The molecule has 1 saturated heterocycles. The third kappa shape index (κ3) is 4.63. The van der Waals surface area contributed by atoms with Crippen LogP contribution in [0.3, 0.4) is 0 Å². The number of allylic oxidation sites excluding steroid dienone is 2. The number of rotatable bonds is 1. The Morgan fingerprint density at radius 3 is 2.16 bits per heavy atom. The Morgan fingerprint density at radius 1 is 1.00 bits per heavy atom. The Balaban J connectivity index is 0.000000741. The molecule has 19 heavy (non-hydrogen) atoms. The van der Waals surface area contributed by atoms with Gasteiger partial charge >= 0.3 is 0 Å². The molecule has 2 aliphatic rings. The zero-order valence-electron chi connectivity index (χ0n) is 14.6. The van der Waals surface area contributed by atoms with Crippen molar-refractivity contribution < 1.29 is 0 Å². The predicted octanol–water partition coefficient (Wildman–Crippen LogP) is 5.66. The average molecular weight is 268 g/mol. The zero-order chi connectivity index (χ0) is 14.9. The van der Waals surface area contributed by atoms with Crippen LogP contribution in [-0.2, 0) is 0 Å². The van der Waals surface area contributed by atoms with Gasteiger partial charge < -0.3 is 4.90 Å². The summed E-state index contributed by atoms with van der Waals surface area (Å²) in [6, 6.07) is 0. The van der Waals surface area contributed by atoms with Crippen LogP contribution in [0.2, 0.25) is 0 Å². The van der Waals surface area contributed by atoms with Gasteiger partial charge in [0.2, 0.25) is 0 Å². The summed E-state index contributed by atoms with van der Waals surface area (Å²) in [6.07, 6.45) is 8.33. The van der Waals surface area contributed by atoms with Crippen LogP contribution in [0.1, 0.15) is 80.1 Å². The van der Waals surface area contributed by atoms with Crippen LogP contribution in [0, 0.1) is 5.41 Å². The van der Waals surface area contributed by atoms with Gasteiger partial charge in [0.15, 0.2) is 0 Å². The SMILES string of the molecule is CC.CC.CCC1=C(C)C2(CCCN(C)CC2)CC1. The Morgan fingerprint density at radius 2 is 1.63 bits per heavy atom. The van der Waals surface area contributed by atoms with Crippen molar-refractivity contribution in [2.45, 2.75) is 80.1 Å². The topological polar surface area (TPSA) is 3.24 Å². The van der Waals surface area contributed by atoms with Crippen molar-refractivity contribution >= 4 is 0 Å². The largest absolute Gasteiger partial charge is 0.306 e. The van der Waals surface area contributed by atoms with E-state index >= 15 is 0 Å². The molecular weight excluding hydrogens is 230 g/mol. The average Bonchev–Trinajstić information content (AvgIpc) is 2.65. The van der Waals surface area contributed by atoms with E-state index in [0.29, 0.717) is 5.41 Å². The van der Waals surface area contributed by atoms with Crippen molar-refractivity contribution in [3.8, 4) is 0 Å². The molecule has 2 rings (SSSR count). The molecule has 0 radical (unpaired) electrons. The molecule has 1 atom stereocenters. The molecule has 1 aliphatic heterocycles. The fourth-order valence-corrected chi connectivity index (χ4v) is 3.54. The van der Waals surface area contributed by atoms with Crippen molar-refractivity contribution in [1.29, 1.82) is 0 Å². The highest BCUT2D eigenvalue weighted by Gasteiger charge is 2.38. The monoisotopic (exact) mass is 267 g/mol. The molecule has 0 N–H and O–H groups in total. The molecule has 0 bridgehead atoms. The second-order valence-electron chi connectivity index (χ2n) is 5.52. The van der Waals surface area contributed by atoms with E-state index in [9.17, 15) is 0 Å². The smallest absolute Gasteiger partial charge is 0.00134 e. The first-order valence-corrected chi connectivity index (χ1v) is 8.55. The number of hydrogen-bond donors (Lipinski definition) is 0. The normalized spacial score (nSPS) is 27.3. The van der Waals surface area contributed by atoms with Gasteiger partial charge in [0, 0.05) is 0 Å². The van der Waals surface area contributed by atoms with Gasteiger partial charge in [0.25, 0.3) is 0 Å². The second-order valence-corrected chi connectivity index (χ2v) is 5.52. The molecule has 1 aliphatic carbocycles. The van der Waals surface area contributed by atoms with Gasteiger partial charge in [0.05, 0.1) is 0 Å². The molecule has 0 aromatic rings. The first-order valence-electron chi connectivity index (χ1n) is 8.55. The van der Waals surface area contributed by atoms with Crippen molar-refractivity contribution in [2.75, 3.05) is 20.1 Å². The Labute approximate surface area is 122 Å². The third-order valence-electron chi connectivity index (χ3n) is 4.83. The Hall–Kier alpha value is -0.300. The van der Waals surface area contributed by atoms with E-state index in [4.69, 9.17) is 0 Å². The summed E-state index contributed by atoms with van der Waals surface area (Å²) in [5, 5.41) is 0. The molecular formula is C18H37N. The quantitative estimate of drug-likeness (QED) is 0.554. The van der Waals surface area contributed by atoms with Gasteiger partial charge in [-0.05, 0) is 71.0 Å². The van der Waals surface area contributed by atoms with Crippen LogP contribution in [0.5, 0.6) is 0 Å². The minimum Gasteiger partial charge on any atom is -0.306 e. The molecule has 1 unspecified atom stereocenters. The summed E-state index contributed by atoms with van der Waals surface area (Å²) in [5.41, 5.74) is 4.13. The van der Waals surface area contributed by atoms with Crippen LogP contribution in [0.25, 0.3) is 0 Å². The van der Waals surface area contributed by atoms with E-state index in [1.54, 1.807) is 11.1 Å². The molecule has 1 nitrogen and oxygen atoms in total. The van der Waals surface area contributed by atoms with Crippen LogP contribution in [0.15, 0.2) is 11.1 Å². The number of nitrogens with zero attached hydrogens (tertiary/aromatic N) is 1. The van der Waals surface area contributed by atoms with Gasteiger partial charge in [-0.25, -0.2) is 0 Å². The minimum atomic E-state index is 0.607. The summed E-state index contributed by atoms with van der Waals surface area (Å²) in [6.45, 7) is 15.3. The standard InChI is InChI=1S/C14H25N.2C2H6/c1-4-13-6-8-14(12(13)2)7-5-10-15(3)11-9-14;2*1-2/h4-11H2,1-3H3;2*1-2H3. The van der Waals surface area contributed by atoms with Gasteiger partial charge in [-0.2, -0.15) is 0 Å². The highest BCUT2D eigenvalue weighted by atomic mass is 15.1. The van der Waals surface area contributed by atoms with Gasteiger partial charge in [-0.1, -0.05) is 45.8 Å². The van der Waals surface area contributed by atoms with Crippen LogP contribution < -0.4 is 0 Å². The summed E-state index contributed by atoms with van der Waals surface area (Å²) < 4.78 is 0. The molecule has 0 saturated carbocycles. The molecule has 114 valence electrons. The van der Waals surface area contributed by atoms with Crippen LogP contribution in [-0.4, -0.2) is 25.0 Å². The molecule has 1 spiro atoms. The van der Waals surface area contributed by atoms with Crippen molar-refractivity contribution in [3.05, 3.63) is 11.1 Å². The summed E-state index contributed by atoms with van der Waals surface area (Å²) in [4.78, 5) is 2.51. The van der Waals surface area contributed by atoms with Crippen LogP contribution in [0.4, 0.5) is 0 Å². The fourth-order valence-electron chi connectivity index (χ4n) is 3.54. The lowest BCUT2D eigenvalue weighted by Crippen LogP contribution is -2.23. The maximum Gasteiger partial charge on any atom is -0.00134 e. The first kappa shape index (κ1) is 18.7. The lowest BCUT2D eigenvalue weighted by atomic mass is 9.75. The van der Waals surface area contributed by atoms with E-state index in [1.807, 2.05) is 27.7 Å². The number of likely N-dealkylation sites (tertiary alicyclic amines) is 1. The molecule has 0 aromatic carbocycles. The van der Waals surface area contributed by atoms with Gasteiger partial charge in [-0.15, -0.1) is 0 Å². The van der Waals surface area contributed by atoms with Gasteiger partial charge in [-0.3, -0.25) is 0 Å². The van der Waals surface area contributed by atoms with Crippen LogP contribution >= 0.6 is 0 Å². The maximum atomic E-state index is 2.51. The molecule has 1 fully saturated rings. The zero-order valence-corrected chi connectivity index (χ0v) is 14.6. The molecule has 1 heterocycles. The predicted molar refractivity (Wildman–Crippen MR) is 88.7 cm³/mol. The van der Waals surface area contributed by atoms with Crippen molar-refractivity contribution in [3.63, 3.8) is 0 Å². The molecule has 1 heteroatoms. The van der Waals surface area contributed by atoms with Crippen molar-refractivity contribution in [2.24, 2.45) is 5.41 Å². The van der Waals surface area contributed by atoms with Crippen molar-refractivity contribution in [1.82, 2.24) is 4.90 Å². The lowest BCUT2D eigenvalue weighted by molar-refractivity contribution is 0.288. The van der Waals surface area contributed by atoms with Gasteiger partial charge in [0.1, 0.15) is 0 Å². The first-order chi connectivity index (χ1) is 9.18. The van der Waals surface area contributed by atoms with E-state index < -0.39 is 0 Å². The van der Waals surface area contributed by atoms with E-state index in [-0.39, 0.29) is 0 Å². The van der Waals surface area contributed by atoms with E-state index in [0.717, 1.165) is 0 Å². The summed E-state index contributed by atoms with van der Waals surface area (Å²) in [5.74, 6) is 0. The third-order valence-corrected chi connectivity index (χ3v) is 4.83.